The lowest BCUT2D eigenvalue weighted by Crippen LogP contribution is -2.36. The van der Waals surface area contributed by atoms with Crippen molar-refractivity contribution < 1.29 is 19.0 Å². The van der Waals surface area contributed by atoms with Crippen molar-refractivity contribution in [1.29, 1.82) is 0 Å². The van der Waals surface area contributed by atoms with Gasteiger partial charge >= 0.3 is 0 Å². The zero-order valence-corrected chi connectivity index (χ0v) is 18.9. The molecule has 2 aromatic rings. The molecule has 0 spiro atoms. The van der Waals surface area contributed by atoms with Gasteiger partial charge < -0.3 is 24.1 Å². The standard InChI is InChI=1S/C22H28ClN5O4/c1-14(24-22(29)15-3-8-30-9-4-15)21-26-25-20-2-5-27(6-7-28(20)21)12-16-10-18-19(11-17(16)23)32-13-31-18/h10-11,14-15H,2-9,12-13H2,1H3,(H,24,29). The van der Waals surface area contributed by atoms with Crippen LogP contribution in [-0.2, 0) is 29.0 Å². The number of carbonyl (C=O) groups excluding carboxylic acids is 1. The van der Waals surface area contributed by atoms with Crippen LogP contribution in [0.2, 0.25) is 5.02 Å². The van der Waals surface area contributed by atoms with Crippen molar-refractivity contribution in [3.63, 3.8) is 0 Å². The van der Waals surface area contributed by atoms with E-state index in [4.69, 9.17) is 25.8 Å². The van der Waals surface area contributed by atoms with Crippen molar-refractivity contribution in [2.24, 2.45) is 5.92 Å². The third kappa shape index (κ3) is 4.42. The molecule has 5 rings (SSSR count). The first kappa shape index (κ1) is 21.5. The zero-order valence-electron chi connectivity index (χ0n) is 18.2. The number of halogens is 1. The maximum atomic E-state index is 12.6. The SMILES string of the molecule is CC(NC(=O)C1CCOCC1)c1nnc2n1CCN(Cc1cc3c(cc1Cl)OCO3)CC2. The summed E-state index contributed by atoms with van der Waals surface area (Å²) in [6.45, 7) is 6.68. The lowest BCUT2D eigenvalue weighted by atomic mass is 9.99. The molecule has 1 unspecified atom stereocenters. The molecule has 0 saturated carbocycles. The van der Waals surface area contributed by atoms with Gasteiger partial charge in [0.25, 0.3) is 0 Å². The number of nitrogens with one attached hydrogen (secondary N) is 1. The third-order valence-electron chi connectivity index (χ3n) is 6.42. The Bertz CT molecular complexity index is 991. The Morgan fingerprint density at radius 2 is 1.97 bits per heavy atom. The van der Waals surface area contributed by atoms with Gasteiger partial charge in [0.1, 0.15) is 5.82 Å². The largest absolute Gasteiger partial charge is 0.454 e. The summed E-state index contributed by atoms with van der Waals surface area (Å²) >= 11 is 6.48. The van der Waals surface area contributed by atoms with E-state index in [0.29, 0.717) is 24.0 Å². The maximum Gasteiger partial charge on any atom is 0.231 e. The van der Waals surface area contributed by atoms with Crippen LogP contribution in [0.25, 0.3) is 0 Å². The van der Waals surface area contributed by atoms with E-state index in [0.717, 1.165) is 68.4 Å². The zero-order chi connectivity index (χ0) is 22.1. The molecule has 0 aliphatic carbocycles. The Labute approximate surface area is 192 Å². The minimum Gasteiger partial charge on any atom is -0.454 e. The molecule has 1 saturated heterocycles. The maximum absolute atomic E-state index is 12.6. The van der Waals surface area contributed by atoms with Gasteiger partial charge in [0, 0.05) is 62.8 Å². The van der Waals surface area contributed by atoms with E-state index < -0.39 is 0 Å². The Morgan fingerprint density at radius 3 is 2.78 bits per heavy atom. The smallest absolute Gasteiger partial charge is 0.231 e. The predicted molar refractivity (Wildman–Crippen MR) is 117 cm³/mol. The average Bonchev–Trinajstić information content (AvgIpc) is 3.37. The van der Waals surface area contributed by atoms with Crippen molar-refractivity contribution in [2.45, 2.75) is 45.3 Å². The van der Waals surface area contributed by atoms with Crippen LogP contribution >= 0.6 is 11.6 Å². The second-order valence-corrected chi connectivity index (χ2v) is 8.97. The van der Waals surface area contributed by atoms with Gasteiger partial charge in [-0.05, 0) is 31.4 Å². The molecule has 1 amide bonds. The Hall–Kier alpha value is -2.36. The van der Waals surface area contributed by atoms with Crippen molar-refractivity contribution in [1.82, 2.24) is 25.0 Å². The summed E-state index contributed by atoms with van der Waals surface area (Å²) in [7, 11) is 0. The van der Waals surface area contributed by atoms with E-state index in [1.54, 1.807) is 0 Å². The molecule has 1 aromatic carbocycles. The number of rotatable bonds is 5. The van der Waals surface area contributed by atoms with Crippen LogP contribution in [0.5, 0.6) is 11.5 Å². The summed E-state index contributed by atoms with van der Waals surface area (Å²) in [6, 6.07) is 3.60. The van der Waals surface area contributed by atoms with Crippen LogP contribution in [0, 0.1) is 5.92 Å². The number of amides is 1. The molecule has 1 N–H and O–H groups in total. The molecule has 4 heterocycles. The summed E-state index contributed by atoms with van der Waals surface area (Å²) in [5.41, 5.74) is 1.02. The molecule has 3 aliphatic heterocycles. The van der Waals surface area contributed by atoms with Crippen molar-refractivity contribution in [2.75, 3.05) is 33.1 Å². The predicted octanol–water partition coefficient (Wildman–Crippen LogP) is 2.32. The van der Waals surface area contributed by atoms with Crippen LogP contribution in [-0.4, -0.2) is 58.7 Å². The lowest BCUT2D eigenvalue weighted by molar-refractivity contribution is -0.128. The molecule has 0 bridgehead atoms. The third-order valence-corrected chi connectivity index (χ3v) is 6.77. The van der Waals surface area contributed by atoms with E-state index in [1.807, 2.05) is 19.1 Å². The lowest BCUT2D eigenvalue weighted by Gasteiger charge is -2.24. The van der Waals surface area contributed by atoms with Gasteiger partial charge in [0.05, 0.1) is 6.04 Å². The first-order chi connectivity index (χ1) is 15.6. The molecule has 9 nitrogen and oxygen atoms in total. The molecule has 32 heavy (non-hydrogen) atoms. The molecule has 3 aliphatic rings. The summed E-state index contributed by atoms with van der Waals surface area (Å²) in [6.07, 6.45) is 2.33. The number of fused-ring (bicyclic) bond motifs is 2. The quantitative estimate of drug-likeness (QED) is 0.730. The minimum atomic E-state index is -0.193. The normalized spacial score (nSPS) is 19.9. The Balaban J connectivity index is 1.23. The fourth-order valence-electron chi connectivity index (χ4n) is 4.54. The summed E-state index contributed by atoms with van der Waals surface area (Å²) < 4.78 is 18.4. The van der Waals surface area contributed by atoms with Gasteiger partial charge in [-0.3, -0.25) is 9.69 Å². The Morgan fingerprint density at radius 1 is 1.19 bits per heavy atom. The molecule has 1 fully saturated rings. The minimum absolute atomic E-state index is 0.0136. The number of hydrogen-bond acceptors (Lipinski definition) is 7. The summed E-state index contributed by atoms with van der Waals surface area (Å²) in [5, 5.41) is 12.6. The van der Waals surface area contributed by atoms with Crippen molar-refractivity contribution >= 4 is 17.5 Å². The highest BCUT2D eigenvalue weighted by atomic mass is 35.5. The van der Waals surface area contributed by atoms with Gasteiger partial charge in [-0.2, -0.15) is 0 Å². The van der Waals surface area contributed by atoms with Crippen LogP contribution in [0.15, 0.2) is 12.1 Å². The molecular weight excluding hydrogens is 434 g/mol. The first-order valence-corrected chi connectivity index (χ1v) is 11.6. The number of carbonyl (C=O) groups is 1. The van der Waals surface area contributed by atoms with Gasteiger partial charge in [-0.15, -0.1) is 10.2 Å². The highest BCUT2D eigenvalue weighted by Gasteiger charge is 2.27. The number of ether oxygens (including phenoxy) is 3. The second-order valence-electron chi connectivity index (χ2n) is 8.57. The number of benzene rings is 1. The van der Waals surface area contributed by atoms with E-state index >= 15 is 0 Å². The summed E-state index contributed by atoms with van der Waals surface area (Å²) in [4.78, 5) is 15.0. The molecule has 10 heteroatoms. The van der Waals surface area contributed by atoms with Gasteiger partial charge in [0.2, 0.25) is 12.7 Å². The van der Waals surface area contributed by atoms with E-state index in [9.17, 15) is 4.79 Å². The second kappa shape index (κ2) is 9.25. The molecule has 172 valence electrons. The monoisotopic (exact) mass is 461 g/mol. The van der Waals surface area contributed by atoms with E-state index in [-0.39, 0.29) is 24.7 Å². The number of aromatic nitrogens is 3. The van der Waals surface area contributed by atoms with Gasteiger partial charge in [0.15, 0.2) is 17.3 Å². The van der Waals surface area contributed by atoms with E-state index in [1.165, 1.54) is 0 Å². The average molecular weight is 462 g/mol. The van der Waals surface area contributed by atoms with Crippen LogP contribution in [0.3, 0.4) is 0 Å². The van der Waals surface area contributed by atoms with Crippen molar-refractivity contribution in [3.05, 3.63) is 34.4 Å². The molecule has 1 aromatic heterocycles. The number of hydrogen-bond donors (Lipinski definition) is 1. The van der Waals surface area contributed by atoms with Crippen LogP contribution in [0.4, 0.5) is 0 Å². The van der Waals surface area contributed by atoms with E-state index in [2.05, 4.69) is 25.0 Å². The Kier molecular flexibility index (Phi) is 6.21. The van der Waals surface area contributed by atoms with Crippen LogP contribution < -0.4 is 14.8 Å². The first-order valence-electron chi connectivity index (χ1n) is 11.2. The summed E-state index contributed by atoms with van der Waals surface area (Å²) in [5.74, 6) is 3.29. The van der Waals surface area contributed by atoms with Crippen molar-refractivity contribution in [3.8, 4) is 11.5 Å². The molecular formula is C22H28ClN5O4. The highest BCUT2D eigenvalue weighted by molar-refractivity contribution is 6.31. The van der Waals surface area contributed by atoms with Gasteiger partial charge in [-0.1, -0.05) is 11.6 Å². The van der Waals surface area contributed by atoms with Crippen LogP contribution in [0.1, 0.15) is 43.0 Å². The molecule has 0 radical (unpaired) electrons. The topological polar surface area (TPSA) is 90.7 Å². The molecule has 1 atom stereocenters. The highest BCUT2D eigenvalue weighted by Crippen LogP contribution is 2.37. The number of nitrogens with zero attached hydrogens (tertiary/aromatic N) is 4. The fourth-order valence-corrected chi connectivity index (χ4v) is 4.76. The van der Waals surface area contributed by atoms with Gasteiger partial charge in [-0.25, -0.2) is 0 Å². The fraction of sp³-hybridized carbons (Fsp3) is 0.591.